The highest BCUT2D eigenvalue weighted by molar-refractivity contribution is 5.77. The predicted octanol–water partition coefficient (Wildman–Crippen LogP) is 3.80. The van der Waals surface area contributed by atoms with E-state index >= 15 is 0 Å². The van der Waals surface area contributed by atoms with Gasteiger partial charge < -0.3 is 10.2 Å². The summed E-state index contributed by atoms with van der Waals surface area (Å²) in [5.74, 6) is 1.65. The highest BCUT2D eigenvalue weighted by Crippen LogP contribution is 2.28. The van der Waals surface area contributed by atoms with Gasteiger partial charge in [-0.3, -0.25) is 4.90 Å². The SMILES string of the molecule is CC(C)CC(C)N(C)C(CN)c1cc2ccccc2o1. The van der Waals surface area contributed by atoms with E-state index in [9.17, 15) is 0 Å². The second-order valence-electron chi connectivity index (χ2n) is 6.08. The Morgan fingerprint density at radius 2 is 1.90 bits per heavy atom. The molecule has 1 aromatic heterocycles. The van der Waals surface area contributed by atoms with E-state index in [1.807, 2.05) is 18.2 Å². The Hall–Kier alpha value is -1.32. The van der Waals surface area contributed by atoms with Crippen LogP contribution >= 0.6 is 0 Å². The molecule has 0 amide bonds. The number of fused-ring (bicyclic) bond motifs is 1. The first-order chi connectivity index (χ1) is 9.52. The zero-order valence-electron chi connectivity index (χ0n) is 13.0. The molecule has 0 saturated carbocycles. The van der Waals surface area contributed by atoms with Gasteiger partial charge in [-0.05, 0) is 38.4 Å². The monoisotopic (exact) mass is 274 g/mol. The molecule has 3 heteroatoms. The largest absolute Gasteiger partial charge is 0.459 e. The Kier molecular flexibility index (Phi) is 4.84. The quantitative estimate of drug-likeness (QED) is 0.871. The number of para-hydroxylation sites is 1. The van der Waals surface area contributed by atoms with E-state index in [0.29, 0.717) is 18.5 Å². The van der Waals surface area contributed by atoms with Gasteiger partial charge in [0.2, 0.25) is 0 Å². The van der Waals surface area contributed by atoms with Crippen molar-refractivity contribution in [2.24, 2.45) is 11.7 Å². The Labute approximate surface area is 121 Å². The second-order valence-corrected chi connectivity index (χ2v) is 6.08. The van der Waals surface area contributed by atoms with Crippen molar-refractivity contribution >= 4 is 11.0 Å². The van der Waals surface area contributed by atoms with Crippen molar-refractivity contribution in [1.29, 1.82) is 0 Å². The van der Waals surface area contributed by atoms with Crippen LogP contribution in [0.3, 0.4) is 0 Å². The van der Waals surface area contributed by atoms with Gasteiger partial charge in [-0.2, -0.15) is 0 Å². The van der Waals surface area contributed by atoms with Crippen LogP contribution in [0.4, 0.5) is 0 Å². The number of hydrogen-bond acceptors (Lipinski definition) is 3. The molecule has 0 aliphatic carbocycles. The van der Waals surface area contributed by atoms with Crippen molar-refractivity contribution < 1.29 is 4.42 Å². The number of likely N-dealkylation sites (N-methyl/N-ethyl adjacent to an activating group) is 1. The summed E-state index contributed by atoms with van der Waals surface area (Å²) in [6, 6.07) is 10.8. The van der Waals surface area contributed by atoms with Crippen LogP contribution in [0.15, 0.2) is 34.7 Å². The van der Waals surface area contributed by atoms with Crippen molar-refractivity contribution in [3.8, 4) is 0 Å². The van der Waals surface area contributed by atoms with Gasteiger partial charge in [0.25, 0.3) is 0 Å². The van der Waals surface area contributed by atoms with Crippen molar-refractivity contribution in [3.05, 3.63) is 36.1 Å². The molecule has 1 aromatic carbocycles. The third-order valence-electron chi connectivity index (χ3n) is 4.00. The van der Waals surface area contributed by atoms with Gasteiger partial charge in [0, 0.05) is 18.0 Å². The van der Waals surface area contributed by atoms with Gasteiger partial charge in [0.15, 0.2) is 0 Å². The molecule has 0 aliphatic rings. The molecule has 0 aliphatic heterocycles. The zero-order chi connectivity index (χ0) is 14.7. The van der Waals surface area contributed by atoms with Crippen molar-refractivity contribution in [1.82, 2.24) is 4.90 Å². The molecule has 20 heavy (non-hydrogen) atoms. The molecule has 0 bridgehead atoms. The van der Waals surface area contributed by atoms with E-state index in [1.54, 1.807) is 0 Å². The Morgan fingerprint density at radius 1 is 1.20 bits per heavy atom. The molecule has 2 unspecified atom stereocenters. The van der Waals surface area contributed by atoms with Gasteiger partial charge >= 0.3 is 0 Å². The van der Waals surface area contributed by atoms with Crippen LogP contribution in [0.5, 0.6) is 0 Å². The average molecular weight is 274 g/mol. The maximum absolute atomic E-state index is 5.99. The number of nitrogens with zero attached hydrogens (tertiary/aromatic N) is 1. The molecule has 2 rings (SSSR count). The lowest BCUT2D eigenvalue weighted by molar-refractivity contribution is 0.153. The van der Waals surface area contributed by atoms with Crippen LogP contribution in [0.25, 0.3) is 11.0 Å². The minimum absolute atomic E-state index is 0.135. The van der Waals surface area contributed by atoms with E-state index in [1.165, 1.54) is 0 Å². The summed E-state index contributed by atoms with van der Waals surface area (Å²) < 4.78 is 5.98. The number of furan rings is 1. The second kappa shape index (κ2) is 6.42. The van der Waals surface area contributed by atoms with Crippen LogP contribution in [0, 0.1) is 5.92 Å². The molecule has 0 fully saturated rings. The molecule has 0 saturated heterocycles. The molecule has 2 atom stereocenters. The van der Waals surface area contributed by atoms with Gasteiger partial charge in [-0.15, -0.1) is 0 Å². The normalized spacial score (nSPS) is 15.2. The average Bonchev–Trinajstić information content (AvgIpc) is 2.81. The molecular weight excluding hydrogens is 248 g/mol. The topological polar surface area (TPSA) is 42.4 Å². The maximum Gasteiger partial charge on any atom is 0.134 e. The molecule has 3 nitrogen and oxygen atoms in total. The van der Waals surface area contributed by atoms with Crippen LogP contribution < -0.4 is 5.73 Å². The summed E-state index contributed by atoms with van der Waals surface area (Å²) in [5, 5.41) is 1.14. The molecular formula is C17H26N2O. The van der Waals surface area contributed by atoms with E-state index in [4.69, 9.17) is 10.2 Å². The minimum Gasteiger partial charge on any atom is -0.459 e. The third kappa shape index (κ3) is 3.22. The molecule has 1 heterocycles. The maximum atomic E-state index is 5.99. The molecule has 0 spiro atoms. The van der Waals surface area contributed by atoms with Crippen molar-refractivity contribution in [3.63, 3.8) is 0 Å². The summed E-state index contributed by atoms with van der Waals surface area (Å²) in [5.41, 5.74) is 6.93. The predicted molar refractivity (Wildman–Crippen MR) is 84.7 cm³/mol. The minimum atomic E-state index is 0.135. The van der Waals surface area contributed by atoms with E-state index in [-0.39, 0.29) is 6.04 Å². The highest BCUT2D eigenvalue weighted by Gasteiger charge is 2.23. The third-order valence-corrected chi connectivity index (χ3v) is 4.00. The molecule has 2 N–H and O–H groups in total. The zero-order valence-corrected chi connectivity index (χ0v) is 13.0. The summed E-state index contributed by atoms with van der Waals surface area (Å²) in [6.07, 6.45) is 1.16. The Balaban J connectivity index is 2.22. The molecule has 2 aromatic rings. The van der Waals surface area contributed by atoms with E-state index < -0.39 is 0 Å². The van der Waals surface area contributed by atoms with Gasteiger partial charge in [0.1, 0.15) is 11.3 Å². The number of rotatable bonds is 6. The Bertz CT molecular complexity index is 514. The number of hydrogen-bond donors (Lipinski definition) is 1. The van der Waals surface area contributed by atoms with Crippen LogP contribution in [-0.4, -0.2) is 24.5 Å². The lowest BCUT2D eigenvalue weighted by Gasteiger charge is -2.32. The summed E-state index contributed by atoms with van der Waals surface area (Å²) >= 11 is 0. The lowest BCUT2D eigenvalue weighted by Crippen LogP contribution is -2.37. The summed E-state index contributed by atoms with van der Waals surface area (Å²) in [7, 11) is 2.14. The van der Waals surface area contributed by atoms with Crippen LogP contribution in [-0.2, 0) is 0 Å². The van der Waals surface area contributed by atoms with Crippen molar-refractivity contribution in [2.45, 2.75) is 39.3 Å². The Morgan fingerprint density at radius 3 is 2.50 bits per heavy atom. The fraction of sp³-hybridized carbons (Fsp3) is 0.529. The highest BCUT2D eigenvalue weighted by atomic mass is 16.3. The lowest BCUT2D eigenvalue weighted by atomic mass is 10.0. The molecule has 0 radical (unpaired) electrons. The fourth-order valence-electron chi connectivity index (χ4n) is 2.81. The first kappa shape index (κ1) is 15.1. The van der Waals surface area contributed by atoms with Crippen molar-refractivity contribution in [2.75, 3.05) is 13.6 Å². The van der Waals surface area contributed by atoms with Gasteiger partial charge in [-0.1, -0.05) is 32.0 Å². The van der Waals surface area contributed by atoms with E-state index in [2.05, 4.69) is 44.9 Å². The summed E-state index contributed by atoms with van der Waals surface area (Å²) in [6.45, 7) is 7.33. The number of benzene rings is 1. The van der Waals surface area contributed by atoms with Gasteiger partial charge in [0.05, 0.1) is 6.04 Å². The van der Waals surface area contributed by atoms with E-state index in [0.717, 1.165) is 23.2 Å². The smallest absolute Gasteiger partial charge is 0.134 e. The molecule has 110 valence electrons. The first-order valence-corrected chi connectivity index (χ1v) is 7.43. The fourth-order valence-corrected chi connectivity index (χ4v) is 2.81. The standard InChI is InChI=1S/C17H26N2O/c1-12(2)9-13(3)19(4)15(11-18)17-10-14-7-5-6-8-16(14)20-17/h5-8,10,12-13,15H,9,11,18H2,1-4H3. The van der Waals surface area contributed by atoms with Crippen LogP contribution in [0.2, 0.25) is 0 Å². The van der Waals surface area contributed by atoms with Gasteiger partial charge in [-0.25, -0.2) is 0 Å². The number of nitrogens with two attached hydrogens (primary N) is 1. The summed E-state index contributed by atoms with van der Waals surface area (Å²) in [4.78, 5) is 2.33. The first-order valence-electron chi connectivity index (χ1n) is 7.43. The van der Waals surface area contributed by atoms with Crippen LogP contribution in [0.1, 0.15) is 39.0 Å².